The van der Waals surface area contributed by atoms with E-state index in [0.29, 0.717) is 41.8 Å². The molecule has 0 atom stereocenters. The maximum Gasteiger partial charge on any atom is 0.258 e. The lowest BCUT2D eigenvalue weighted by Gasteiger charge is -2.31. The number of hydrogen-bond acceptors (Lipinski definition) is 4. The molecule has 0 spiro atoms. The summed E-state index contributed by atoms with van der Waals surface area (Å²) in [5.41, 5.74) is 2.02. The maximum absolute atomic E-state index is 13.3. The predicted octanol–water partition coefficient (Wildman–Crippen LogP) is 4.07. The van der Waals surface area contributed by atoms with E-state index in [-0.39, 0.29) is 16.1 Å². The fourth-order valence-corrected chi connectivity index (χ4v) is 3.67. The number of anilines is 1. The first kappa shape index (κ1) is 17.9. The van der Waals surface area contributed by atoms with Gasteiger partial charge in [0.2, 0.25) is 0 Å². The average molecular weight is 403 g/mol. The van der Waals surface area contributed by atoms with Crippen molar-refractivity contribution in [1.29, 1.82) is 0 Å². The average Bonchev–Trinajstić information content (AvgIpc) is 2.65. The molecular weight excluding hydrogens is 387 g/mol. The maximum atomic E-state index is 13.3. The fraction of sp³-hybridized carbons (Fsp3) is 0.158. The molecule has 0 unspecified atom stereocenters. The van der Waals surface area contributed by atoms with Crippen LogP contribution in [0.2, 0.25) is 5.02 Å². The Kier molecular flexibility index (Phi) is 4.82. The molecule has 1 aliphatic rings. The second kappa shape index (κ2) is 7.26. The quantitative estimate of drug-likeness (QED) is 0.648. The van der Waals surface area contributed by atoms with Gasteiger partial charge in [0.05, 0.1) is 12.2 Å². The lowest BCUT2D eigenvalue weighted by molar-refractivity contribution is 0.264. The van der Waals surface area contributed by atoms with E-state index >= 15 is 0 Å². The summed E-state index contributed by atoms with van der Waals surface area (Å²) in [5.74, 6) is 0.299. The number of hydrogen-bond donors (Lipinski definition) is 2. The van der Waals surface area contributed by atoms with Gasteiger partial charge in [0.1, 0.15) is 11.6 Å². The zero-order chi connectivity index (χ0) is 19.0. The highest BCUT2D eigenvalue weighted by molar-refractivity contribution is 7.71. The molecule has 2 aromatic carbocycles. The standard InChI is InChI=1S/C19H16ClFN4OS/c20-16-4-2-1-3-12(16)9-24-10-15-17(22-11-24)25(19(27)23-18(15)26)14-7-5-13(21)6-8-14/h1-8,22H,9-11H2,(H,23,26,27). The number of aromatic amines is 1. The number of nitrogens with one attached hydrogen (secondary N) is 2. The molecule has 2 heterocycles. The molecule has 4 rings (SSSR count). The highest BCUT2D eigenvalue weighted by Crippen LogP contribution is 2.25. The third-order valence-corrected chi connectivity index (χ3v) is 5.15. The molecular formula is C19H16ClFN4OS. The molecule has 0 bridgehead atoms. The van der Waals surface area contributed by atoms with Crippen LogP contribution in [0.5, 0.6) is 0 Å². The number of halogens is 2. The van der Waals surface area contributed by atoms with E-state index in [4.69, 9.17) is 23.8 Å². The Morgan fingerprint density at radius 2 is 1.89 bits per heavy atom. The minimum atomic E-state index is -0.331. The molecule has 0 amide bonds. The van der Waals surface area contributed by atoms with Crippen LogP contribution in [0.1, 0.15) is 11.1 Å². The van der Waals surface area contributed by atoms with E-state index in [1.807, 2.05) is 24.3 Å². The van der Waals surface area contributed by atoms with Crippen molar-refractivity contribution in [1.82, 2.24) is 14.5 Å². The summed E-state index contributed by atoms with van der Waals surface area (Å²) in [7, 11) is 0. The van der Waals surface area contributed by atoms with Crippen LogP contribution in [0.25, 0.3) is 5.69 Å². The Morgan fingerprint density at radius 1 is 1.15 bits per heavy atom. The Hall–Kier alpha value is -2.48. The Labute approximate surface area is 165 Å². The van der Waals surface area contributed by atoms with Crippen LogP contribution in [0.4, 0.5) is 10.2 Å². The Bertz CT molecular complexity index is 1110. The SMILES string of the molecule is O=c1[nH]c(=S)n(-c2ccc(F)cc2)c2c1CN(Cc1ccccc1Cl)CN2. The minimum absolute atomic E-state index is 0.232. The number of rotatable bonds is 3. The number of benzene rings is 2. The van der Waals surface area contributed by atoms with E-state index in [1.54, 1.807) is 16.7 Å². The van der Waals surface area contributed by atoms with Crippen LogP contribution >= 0.6 is 23.8 Å². The van der Waals surface area contributed by atoms with Crippen LogP contribution in [-0.2, 0) is 13.1 Å². The Balaban J connectivity index is 1.71. The number of fused-ring (bicyclic) bond motifs is 1. The van der Waals surface area contributed by atoms with Crippen LogP contribution in [0, 0.1) is 10.6 Å². The summed E-state index contributed by atoms with van der Waals surface area (Å²) in [6, 6.07) is 13.6. The van der Waals surface area contributed by atoms with Gasteiger partial charge in [-0.1, -0.05) is 29.8 Å². The molecule has 1 aromatic heterocycles. The van der Waals surface area contributed by atoms with E-state index in [9.17, 15) is 9.18 Å². The van der Waals surface area contributed by atoms with Gasteiger partial charge in [-0.15, -0.1) is 0 Å². The molecule has 0 aliphatic carbocycles. The molecule has 2 N–H and O–H groups in total. The van der Waals surface area contributed by atoms with Crippen molar-refractivity contribution in [3.8, 4) is 5.69 Å². The summed E-state index contributed by atoms with van der Waals surface area (Å²) >= 11 is 11.6. The third kappa shape index (κ3) is 3.53. The molecule has 3 aromatic rings. The van der Waals surface area contributed by atoms with Crippen molar-refractivity contribution in [3.05, 3.63) is 85.6 Å². The normalized spacial score (nSPS) is 13.9. The molecule has 0 saturated heterocycles. The van der Waals surface area contributed by atoms with Crippen LogP contribution < -0.4 is 10.9 Å². The summed E-state index contributed by atoms with van der Waals surface area (Å²) in [6.45, 7) is 1.58. The van der Waals surface area contributed by atoms with Crippen molar-refractivity contribution in [3.63, 3.8) is 0 Å². The molecule has 0 saturated carbocycles. The van der Waals surface area contributed by atoms with Gasteiger partial charge in [-0.2, -0.15) is 0 Å². The largest absolute Gasteiger partial charge is 0.358 e. The molecule has 0 radical (unpaired) electrons. The molecule has 27 heavy (non-hydrogen) atoms. The summed E-state index contributed by atoms with van der Waals surface area (Å²) in [5, 5.41) is 3.98. The highest BCUT2D eigenvalue weighted by atomic mass is 35.5. The summed E-state index contributed by atoms with van der Waals surface area (Å²) in [6.07, 6.45) is 0. The van der Waals surface area contributed by atoms with Crippen molar-refractivity contribution < 1.29 is 4.39 Å². The first-order chi connectivity index (χ1) is 13.0. The number of aromatic nitrogens is 2. The van der Waals surface area contributed by atoms with Gasteiger partial charge >= 0.3 is 0 Å². The van der Waals surface area contributed by atoms with Crippen molar-refractivity contribution in [2.45, 2.75) is 13.1 Å². The van der Waals surface area contributed by atoms with Crippen LogP contribution in [0.15, 0.2) is 53.3 Å². The smallest absolute Gasteiger partial charge is 0.258 e. The second-order valence-corrected chi connectivity index (χ2v) is 7.11. The van der Waals surface area contributed by atoms with Gasteiger partial charge in [0.15, 0.2) is 4.77 Å². The first-order valence-electron chi connectivity index (χ1n) is 8.37. The zero-order valence-corrected chi connectivity index (χ0v) is 15.8. The topological polar surface area (TPSA) is 53.1 Å². The highest BCUT2D eigenvalue weighted by Gasteiger charge is 2.23. The predicted molar refractivity (Wildman–Crippen MR) is 106 cm³/mol. The van der Waals surface area contributed by atoms with Gasteiger partial charge in [-0.3, -0.25) is 19.2 Å². The minimum Gasteiger partial charge on any atom is -0.358 e. The van der Waals surface area contributed by atoms with Gasteiger partial charge in [-0.05, 0) is 48.1 Å². The molecule has 138 valence electrons. The molecule has 5 nitrogen and oxygen atoms in total. The van der Waals surface area contributed by atoms with E-state index in [0.717, 1.165) is 5.56 Å². The second-order valence-electron chi connectivity index (χ2n) is 6.31. The monoisotopic (exact) mass is 402 g/mol. The first-order valence-corrected chi connectivity index (χ1v) is 9.15. The zero-order valence-electron chi connectivity index (χ0n) is 14.2. The summed E-state index contributed by atoms with van der Waals surface area (Å²) in [4.78, 5) is 17.3. The van der Waals surface area contributed by atoms with Crippen LogP contribution in [-0.4, -0.2) is 21.1 Å². The lowest BCUT2D eigenvalue weighted by atomic mass is 10.1. The third-order valence-electron chi connectivity index (χ3n) is 4.50. The van der Waals surface area contributed by atoms with Crippen LogP contribution in [0.3, 0.4) is 0 Å². The number of nitrogens with zero attached hydrogens (tertiary/aromatic N) is 2. The molecule has 1 aliphatic heterocycles. The van der Waals surface area contributed by atoms with Gasteiger partial charge in [0.25, 0.3) is 5.56 Å². The fourth-order valence-electron chi connectivity index (χ4n) is 3.19. The Morgan fingerprint density at radius 3 is 2.63 bits per heavy atom. The number of H-pyrrole nitrogens is 1. The van der Waals surface area contributed by atoms with Gasteiger partial charge in [-0.25, -0.2) is 4.39 Å². The van der Waals surface area contributed by atoms with E-state index < -0.39 is 0 Å². The van der Waals surface area contributed by atoms with Crippen molar-refractivity contribution in [2.75, 3.05) is 12.0 Å². The van der Waals surface area contributed by atoms with Crippen molar-refractivity contribution >= 4 is 29.6 Å². The lowest BCUT2D eigenvalue weighted by Crippen LogP contribution is -2.38. The van der Waals surface area contributed by atoms with E-state index in [2.05, 4.69) is 15.2 Å². The van der Waals surface area contributed by atoms with Gasteiger partial charge in [0, 0.05) is 23.8 Å². The van der Waals surface area contributed by atoms with E-state index in [1.165, 1.54) is 12.1 Å². The molecule has 0 fully saturated rings. The summed E-state index contributed by atoms with van der Waals surface area (Å²) < 4.78 is 15.3. The van der Waals surface area contributed by atoms with Crippen molar-refractivity contribution in [2.24, 2.45) is 0 Å². The molecule has 8 heteroatoms. The van der Waals surface area contributed by atoms with Gasteiger partial charge < -0.3 is 5.32 Å².